The van der Waals surface area contributed by atoms with Gasteiger partial charge in [0.2, 0.25) is 5.43 Å². The molecule has 1 aromatic carbocycles. The summed E-state index contributed by atoms with van der Waals surface area (Å²) in [5.41, 5.74) is 0.666. The summed E-state index contributed by atoms with van der Waals surface area (Å²) in [7, 11) is 0. The molecule has 3 aliphatic rings. The van der Waals surface area contributed by atoms with Gasteiger partial charge in [0.05, 0.1) is 12.6 Å². The van der Waals surface area contributed by atoms with Gasteiger partial charge in [0.25, 0.3) is 11.8 Å². The first kappa shape index (κ1) is 21.0. The molecule has 1 saturated heterocycles. The molecule has 168 valence electrons. The minimum Gasteiger partial charge on any atom is -0.503 e. The maximum atomic E-state index is 13.1. The highest BCUT2D eigenvalue weighted by molar-refractivity contribution is 6.31. The zero-order chi connectivity index (χ0) is 22.6. The largest absolute Gasteiger partial charge is 0.503 e. The van der Waals surface area contributed by atoms with Gasteiger partial charge in [-0.2, -0.15) is 0 Å². The van der Waals surface area contributed by atoms with Crippen LogP contribution in [0.4, 0.5) is 0 Å². The van der Waals surface area contributed by atoms with Crippen LogP contribution in [-0.4, -0.2) is 44.8 Å². The van der Waals surface area contributed by atoms with E-state index in [1.165, 1.54) is 10.8 Å². The van der Waals surface area contributed by atoms with Gasteiger partial charge in [-0.15, -0.1) is 0 Å². The number of carbonyl (C=O) groups is 2. The molecule has 2 N–H and O–H groups in total. The molecular weight excluding hydrogens is 434 g/mol. The second-order valence-corrected chi connectivity index (χ2v) is 8.98. The van der Waals surface area contributed by atoms with Crippen LogP contribution in [-0.2, 0) is 24.2 Å². The summed E-state index contributed by atoms with van der Waals surface area (Å²) >= 11 is 6.14. The minimum absolute atomic E-state index is 0.0601. The van der Waals surface area contributed by atoms with E-state index >= 15 is 0 Å². The summed E-state index contributed by atoms with van der Waals surface area (Å²) in [6.07, 6.45) is 4.29. The lowest BCUT2D eigenvalue weighted by Crippen LogP contribution is -2.57. The van der Waals surface area contributed by atoms with E-state index < -0.39 is 29.2 Å². The van der Waals surface area contributed by atoms with Crippen LogP contribution in [0.3, 0.4) is 0 Å². The Kier molecular flexibility index (Phi) is 5.22. The number of amides is 2. The predicted molar refractivity (Wildman–Crippen MR) is 117 cm³/mol. The highest BCUT2D eigenvalue weighted by atomic mass is 35.5. The molecule has 0 unspecified atom stereocenters. The van der Waals surface area contributed by atoms with Crippen molar-refractivity contribution in [3.8, 4) is 5.75 Å². The number of carbonyl (C=O) groups excluding carboxylic acids is 2. The van der Waals surface area contributed by atoms with Crippen molar-refractivity contribution in [2.75, 3.05) is 0 Å². The van der Waals surface area contributed by atoms with Crippen molar-refractivity contribution >= 4 is 23.4 Å². The van der Waals surface area contributed by atoms with Crippen LogP contribution in [0.5, 0.6) is 5.75 Å². The van der Waals surface area contributed by atoms with Crippen LogP contribution in [0.1, 0.15) is 58.2 Å². The average molecular weight is 458 g/mol. The Morgan fingerprint density at radius 2 is 2.12 bits per heavy atom. The molecule has 2 amide bonds. The quantitative estimate of drug-likeness (QED) is 0.734. The van der Waals surface area contributed by atoms with E-state index in [9.17, 15) is 19.5 Å². The Hall–Kier alpha value is -2.84. The first-order chi connectivity index (χ1) is 15.4. The van der Waals surface area contributed by atoms with E-state index in [1.54, 1.807) is 17.0 Å². The Labute approximate surface area is 189 Å². The molecule has 3 heterocycles. The van der Waals surface area contributed by atoms with Crippen molar-refractivity contribution in [2.45, 2.75) is 64.1 Å². The normalized spacial score (nSPS) is 23.6. The Balaban J connectivity index is 1.41. The van der Waals surface area contributed by atoms with Crippen molar-refractivity contribution in [3.63, 3.8) is 0 Å². The second-order valence-electron chi connectivity index (χ2n) is 8.58. The van der Waals surface area contributed by atoms with Crippen LogP contribution in [0, 0.1) is 0 Å². The second kappa shape index (κ2) is 7.94. The zero-order valence-electron chi connectivity index (χ0n) is 17.6. The third kappa shape index (κ3) is 3.38. The Morgan fingerprint density at radius 3 is 2.91 bits per heavy atom. The number of nitrogens with zero attached hydrogens (tertiary/aromatic N) is 2. The van der Waals surface area contributed by atoms with Crippen LogP contribution >= 0.6 is 11.6 Å². The number of pyridine rings is 1. The van der Waals surface area contributed by atoms with E-state index in [-0.39, 0.29) is 36.5 Å². The molecule has 1 saturated carbocycles. The summed E-state index contributed by atoms with van der Waals surface area (Å²) in [6.45, 7) is 2.45. The molecule has 9 heteroatoms. The van der Waals surface area contributed by atoms with Crippen LogP contribution < -0.4 is 10.7 Å². The smallest absolute Gasteiger partial charge is 0.276 e. The fraction of sp³-hybridized carbons (Fsp3) is 0.435. The highest BCUT2D eigenvalue weighted by Gasteiger charge is 2.47. The zero-order valence-corrected chi connectivity index (χ0v) is 18.4. The van der Waals surface area contributed by atoms with E-state index in [0.717, 1.165) is 36.8 Å². The van der Waals surface area contributed by atoms with Gasteiger partial charge in [0.15, 0.2) is 17.7 Å². The monoisotopic (exact) mass is 457 g/mol. The highest BCUT2D eigenvalue weighted by Crippen LogP contribution is 2.38. The number of aryl methyl sites for hydroxylation is 1. The number of halogens is 1. The predicted octanol–water partition coefficient (Wildman–Crippen LogP) is 2.43. The van der Waals surface area contributed by atoms with Crippen molar-refractivity contribution in [3.05, 3.63) is 62.0 Å². The van der Waals surface area contributed by atoms with Gasteiger partial charge in [-0.3, -0.25) is 14.4 Å². The molecule has 0 radical (unpaired) electrons. The summed E-state index contributed by atoms with van der Waals surface area (Å²) in [5.74, 6) is -1.74. The van der Waals surface area contributed by atoms with Gasteiger partial charge in [-0.25, -0.2) is 0 Å². The molecule has 8 nitrogen and oxygen atoms in total. The minimum atomic E-state index is -0.854. The lowest BCUT2D eigenvalue weighted by Gasteiger charge is -2.44. The number of benzene rings is 1. The van der Waals surface area contributed by atoms with Gasteiger partial charge in [0, 0.05) is 23.8 Å². The Morgan fingerprint density at radius 1 is 1.31 bits per heavy atom. The molecule has 3 atom stereocenters. The third-order valence-electron chi connectivity index (χ3n) is 6.64. The molecule has 2 fully saturated rings. The summed E-state index contributed by atoms with van der Waals surface area (Å²) in [6, 6.07) is 5.55. The maximum absolute atomic E-state index is 13.1. The van der Waals surface area contributed by atoms with Crippen LogP contribution in [0.25, 0.3) is 0 Å². The van der Waals surface area contributed by atoms with Crippen molar-refractivity contribution in [1.29, 1.82) is 0 Å². The lowest BCUT2D eigenvalue weighted by molar-refractivity contribution is -0.132. The number of hydrogen-bond acceptors (Lipinski definition) is 5. The van der Waals surface area contributed by atoms with Gasteiger partial charge in [0.1, 0.15) is 5.56 Å². The number of rotatable bonds is 4. The molecule has 2 aliphatic heterocycles. The number of ether oxygens (including phenoxy) is 1. The molecule has 5 rings (SSSR count). The molecule has 2 bridgehead atoms. The number of aromatic hydroxyl groups is 1. The van der Waals surface area contributed by atoms with Crippen LogP contribution in [0.2, 0.25) is 5.02 Å². The SMILES string of the molecule is CCc1cc(CNC(=O)c2cn3c(c(O)c2=O)C(=O)N2[C@@H]4CC[C@@H](C4)O[C@H]2C3)ccc1Cl. The fourth-order valence-electron chi connectivity index (χ4n) is 5.00. The van der Waals surface area contributed by atoms with Crippen molar-refractivity contribution in [2.24, 2.45) is 0 Å². The van der Waals surface area contributed by atoms with E-state index in [4.69, 9.17) is 16.3 Å². The van der Waals surface area contributed by atoms with E-state index in [1.807, 2.05) is 13.0 Å². The fourth-order valence-corrected chi connectivity index (χ4v) is 5.25. The van der Waals surface area contributed by atoms with Crippen molar-refractivity contribution < 1.29 is 19.4 Å². The molecule has 32 heavy (non-hydrogen) atoms. The number of hydrogen-bond donors (Lipinski definition) is 2. The number of fused-ring (bicyclic) bond motifs is 5. The van der Waals surface area contributed by atoms with Gasteiger partial charge in [-0.05, 0) is 42.9 Å². The first-order valence-electron chi connectivity index (χ1n) is 10.9. The first-order valence-corrected chi connectivity index (χ1v) is 11.2. The summed E-state index contributed by atoms with van der Waals surface area (Å²) < 4.78 is 7.50. The molecular formula is C23H24ClN3O5. The Bertz CT molecular complexity index is 1180. The summed E-state index contributed by atoms with van der Waals surface area (Å²) in [5, 5.41) is 14.0. The third-order valence-corrected chi connectivity index (χ3v) is 7.01. The van der Waals surface area contributed by atoms with Gasteiger partial charge in [-0.1, -0.05) is 30.7 Å². The van der Waals surface area contributed by atoms with Gasteiger partial charge < -0.3 is 24.6 Å². The molecule has 0 spiro atoms. The summed E-state index contributed by atoms with van der Waals surface area (Å²) in [4.78, 5) is 40.3. The standard InChI is InChI=1S/C23H24ClN3O5/c1-2-13-7-12(3-6-17(13)24)9-25-22(30)16-10-26-11-18-27(14-4-5-15(8-14)32-18)23(31)19(26)21(29)20(16)28/h3,6-7,10,14-15,18,29H,2,4-5,8-9,11H2,1H3,(H,25,30)/t14-,15+,18+/m1/s1. The number of aromatic nitrogens is 1. The average Bonchev–Trinajstić information content (AvgIpc) is 3.15. The van der Waals surface area contributed by atoms with E-state index in [2.05, 4.69) is 5.32 Å². The topological polar surface area (TPSA) is 101 Å². The lowest BCUT2D eigenvalue weighted by atomic mass is 10.1. The number of nitrogens with one attached hydrogen (secondary N) is 1. The van der Waals surface area contributed by atoms with Gasteiger partial charge >= 0.3 is 0 Å². The molecule has 1 aliphatic carbocycles. The molecule has 1 aromatic heterocycles. The van der Waals surface area contributed by atoms with E-state index in [0.29, 0.717) is 5.02 Å². The maximum Gasteiger partial charge on any atom is 0.276 e. The van der Waals surface area contributed by atoms with Crippen molar-refractivity contribution in [1.82, 2.24) is 14.8 Å². The van der Waals surface area contributed by atoms with Crippen LogP contribution in [0.15, 0.2) is 29.2 Å². The molecule has 2 aromatic rings.